The van der Waals surface area contributed by atoms with Gasteiger partial charge in [-0.2, -0.15) is 0 Å². The summed E-state index contributed by atoms with van der Waals surface area (Å²) in [5, 5.41) is 0.885. The van der Waals surface area contributed by atoms with Gasteiger partial charge >= 0.3 is 0 Å². The van der Waals surface area contributed by atoms with Gasteiger partial charge in [0.2, 0.25) is 0 Å². The molecule has 0 saturated heterocycles. The Morgan fingerprint density at radius 3 is 2.45 bits per heavy atom. The van der Waals surface area contributed by atoms with Crippen molar-refractivity contribution in [1.82, 2.24) is 0 Å². The van der Waals surface area contributed by atoms with Gasteiger partial charge in [0.1, 0.15) is 5.75 Å². The molecule has 110 valence electrons. The van der Waals surface area contributed by atoms with Crippen LogP contribution in [0.4, 0.5) is 0 Å². The van der Waals surface area contributed by atoms with E-state index in [4.69, 9.17) is 27.9 Å². The van der Waals surface area contributed by atoms with Gasteiger partial charge in [-0.15, -0.1) is 0 Å². The number of Topliss-reactive ketones (excluding diaryl/α,β-unsaturated/α-hetero) is 1. The molecule has 0 aromatic heterocycles. The van der Waals surface area contributed by atoms with Gasteiger partial charge in [0.05, 0.1) is 16.7 Å². The van der Waals surface area contributed by atoms with E-state index in [0.29, 0.717) is 21.4 Å². The summed E-state index contributed by atoms with van der Waals surface area (Å²) in [7, 11) is 0. The van der Waals surface area contributed by atoms with Gasteiger partial charge in [-0.3, -0.25) is 4.79 Å². The van der Waals surface area contributed by atoms with Gasteiger partial charge in [0, 0.05) is 10.9 Å². The predicted octanol–water partition coefficient (Wildman–Crippen LogP) is 5.54. The molecule has 1 aliphatic rings. The van der Waals surface area contributed by atoms with Crippen LogP contribution in [0.25, 0.3) is 0 Å². The molecule has 0 radical (unpaired) electrons. The van der Waals surface area contributed by atoms with E-state index in [1.807, 2.05) is 13.8 Å². The van der Waals surface area contributed by atoms with Crippen LogP contribution in [-0.2, 0) is 0 Å². The highest BCUT2D eigenvalue weighted by Gasteiger charge is 2.26. The molecule has 20 heavy (non-hydrogen) atoms. The number of rotatable bonds is 4. The van der Waals surface area contributed by atoms with Crippen molar-refractivity contribution >= 4 is 29.0 Å². The Morgan fingerprint density at radius 1 is 1.20 bits per heavy atom. The lowest BCUT2D eigenvalue weighted by atomic mass is 9.83. The normalized spacial score (nSPS) is 16.4. The van der Waals surface area contributed by atoms with E-state index in [-0.39, 0.29) is 17.8 Å². The number of ketones is 1. The minimum absolute atomic E-state index is 0.0356. The molecule has 0 amide bonds. The molecule has 4 heteroatoms. The zero-order valence-corrected chi connectivity index (χ0v) is 13.4. The minimum Gasteiger partial charge on any atom is -0.489 e. The monoisotopic (exact) mass is 314 g/mol. The Hall–Kier alpha value is -0.730. The molecule has 0 N–H and O–H groups in total. The highest BCUT2D eigenvalue weighted by Crippen LogP contribution is 2.37. The maximum Gasteiger partial charge on any atom is 0.169 e. The van der Waals surface area contributed by atoms with Crippen LogP contribution < -0.4 is 4.74 Å². The summed E-state index contributed by atoms with van der Waals surface area (Å²) in [5.41, 5.74) is 0.531. The Balaban J connectivity index is 2.35. The van der Waals surface area contributed by atoms with Crippen LogP contribution in [0.1, 0.15) is 56.3 Å². The number of carbonyl (C=O) groups is 1. The summed E-state index contributed by atoms with van der Waals surface area (Å²) in [6.07, 6.45) is 5.31. The second kappa shape index (κ2) is 6.82. The summed E-state index contributed by atoms with van der Waals surface area (Å²) in [4.78, 5) is 12.7. The Bertz CT molecular complexity index is 491. The molecule has 2 nitrogen and oxygen atoms in total. The van der Waals surface area contributed by atoms with Crippen molar-refractivity contribution in [2.24, 2.45) is 5.92 Å². The topological polar surface area (TPSA) is 26.3 Å². The first-order chi connectivity index (χ1) is 9.49. The maximum atomic E-state index is 12.7. The van der Waals surface area contributed by atoms with Crippen molar-refractivity contribution in [3.05, 3.63) is 27.7 Å². The van der Waals surface area contributed by atoms with Crippen LogP contribution in [0, 0.1) is 5.92 Å². The van der Waals surface area contributed by atoms with Crippen LogP contribution in [0.2, 0.25) is 10.0 Å². The number of carbonyl (C=O) groups excluding carboxylic acids is 1. The van der Waals surface area contributed by atoms with E-state index in [0.717, 1.165) is 25.7 Å². The van der Waals surface area contributed by atoms with Gasteiger partial charge < -0.3 is 4.74 Å². The summed E-state index contributed by atoms with van der Waals surface area (Å²) >= 11 is 12.2. The van der Waals surface area contributed by atoms with E-state index >= 15 is 0 Å². The third-order valence-electron chi connectivity index (χ3n) is 3.60. The van der Waals surface area contributed by atoms with Gasteiger partial charge in [-0.25, -0.2) is 0 Å². The number of hydrogen-bond acceptors (Lipinski definition) is 2. The molecule has 1 aliphatic carbocycles. The highest BCUT2D eigenvalue weighted by atomic mass is 35.5. The molecule has 0 heterocycles. The van der Waals surface area contributed by atoms with E-state index in [1.54, 1.807) is 12.1 Å². The van der Waals surface area contributed by atoms with Crippen molar-refractivity contribution in [2.75, 3.05) is 0 Å². The van der Waals surface area contributed by atoms with Crippen molar-refractivity contribution in [2.45, 2.75) is 52.1 Å². The zero-order valence-electron chi connectivity index (χ0n) is 11.9. The first kappa shape index (κ1) is 15.7. The van der Waals surface area contributed by atoms with E-state index in [2.05, 4.69) is 0 Å². The van der Waals surface area contributed by atoms with Crippen molar-refractivity contribution in [3.8, 4) is 5.75 Å². The molecule has 1 aromatic rings. The third-order valence-corrected chi connectivity index (χ3v) is 4.10. The lowest BCUT2D eigenvalue weighted by Gasteiger charge is -2.22. The standard InChI is InChI=1S/C16H20Cl2O2/c1-10(2)20-16-13(8-12(17)9-14(16)18)15(19)11-6-4-3-5-7-11/h8-11H,3-7H2,1-2H3. The molecule has 0 unspecified atom stereocenters. The summed E-state index contributed by atoms with van der Waals surface area (Å²) in [6.45, 7) is 3.83. The molecule has 2 rings (SSSR count). The van der Waals surface area contributed by atoms with Gasteiger partial charge in [0.25, 0.3) is 0 Å². The van der Waals surface area contributed by atoms with Crippen molar-refractivity contribution in [3.63, 3.8) is 0 Å². The van der Waals surface area contributed by atoms with E-state index < -0.39 is 0 Å². The number of ether oxygens (including phenoxy) is 1. The lowest BCUT2D eigenvalue weighted by molar-refractivity contribution is 0.0883. The molecule has 1 saturated carbocycles. The minimum atomic E-state index is -0.0356. The molecule has 1 fully saturated rings. The smallest absolute Gasteiger partial charge is 0.169 e. The molecular formula is C16H20Cl2O2. The first-order valence-corrected chi connectivity index (χ1v) is 7.94. The van der Waals surface area contributed by atoms with E-state index in [9.17, 15) is 4.79 Å². The highest BCUT2D eigenvalue weighted by molar-refractivity contribution is 6.36. The van der Waals surface area contributed by atoms with Crippen molar-refractivity contribution < 1.29 is 9.53 Å². The lowest BCUT2D eigenvalue weighted by Crippen LogP contribution is -2.20. The predicted molar refractivity (Wildman–Crippen MR) is 83.1 cm³/mol. The third kappa shape index (κ3) is 3.67. The maximum absolute atomic E-state index is 12.7. The van der Waals surface area contributed by atoms with Crippen molar-refractivity contribution in [1.29, 1.82) is 0 Å². The van der Waals surface area contributed by atoms with Crippen LogP contribution in [0.3, 0.4) is 0 Å². The van der Waals surface area contributed by atoms with E-state index in [1.165, 1.54) is 6.42 Å². The SMILES string of the molecule is CC(C)Oc1c(Cl)cc(Cl)cc1C(=O)C1CCCCC1. The van der Waals surface area contributed by atoms with Gasteiger partial charge in [-0.1, -0.05) is 42.5 Å². The molecule has 1 aromatic carbocycles. The fraction of sp³-hybridized carbons (Fsp3) is 0.562. The fourth-order valence-corrected chi connectivity index (χ4v) is 3.22. The zero-order chi connectivity index (χ0) is 14.7. The average Bonchev–Trinajstić information content (AvgIpc) is 2.41. The summed E-state index contributed by atoms with van der Waals surface area (Å²) in [6, 6.07) is 3.31. The largest absolute Gasteiger partial charge is 0.489 e. The van der Waals surface area contributed by atoms with Crippen LogP contribution in [0.15, 0.2) is 12.1 Å². The molecular weight excluding hydrogens is 295 g/mol. The Labute approximate surface area is 130 Å². The second-order valence-electron chi connectivity index (χ2n) is 5.63. The first-order valence-electron chi connectivity index (χ1n) is 7.19. The molecule has 0 bridgehead atoms. The number of halogens is 2. The summed E-state index contributed by atoms with van der Waals surface area (Å²) < 4.78 is 5.73. The number of benzene rings is 1. The second-order valence-corrected chi connectivity index (χ2v) is 6.47. The van der Waals surface area contributed by atoms with Crippen LogP contribution in [-0.4, -0.2) is 11.9 Å². The summed E-state index contributed by atoms with van der Waals surface area (Å²) in [5.74, 6) is 0.666. The molecule has 0 spiro atoms. The quantitative estimate of drug-likeness (QED) is 0.682. The Kier molecular flexibility index (Phi) is 5.34. The van der Waals surface area contributed by atoms with Crippen LogP contribution >= 0.6 is 23.2 Å². The Morgan fingerprint density at radius 2 is 1.85 bits per heavy atom. The van der Waals surface area contributed by atoms with Crippen LogP contribution in [0.5, 0.6) is 5.75 Å². The molecule has 0 atom stereocenters. The van der Waals surface area contributed by atoms with Gasteiger partial charge in [0.15, 0.2) is 5.78 Å². The average molecular weight is 315 g/mol. The fourth-order valence-electron chi connectivity index (χ4n) is 2.68. The van der Waals surface area contributed by atoms with Gasteiger partial charge in [-0.05, 0) is 38.8 Å². The number of hydrogen-bond donors (Lipinski definition) is 0. The molecule has 0 aliphatic heterocycles.